The molecule has 0 saturated carbocycles. The van der Waals surface area contributed by atoms with Gasteiger partial charge in [0.15, 0.2) is 0 Å². The smallest absolute Gasteiger partial charge is 0.343 e. The molecule has 0 bridgehead atoms. The van der Waals surface area contributed by atoms with E-state index in [2.05, 4.69) is 6.92 Å². The molecule has 0 fully saturated rings. The highest BCUT2D eigenvalue weighted by atomic mass is 16.4. The van der Waals surface area contributed by atoms with E-state index in [0.29, 0.717) is 12.0 Å². The lowest BCUT2D eigenvalue weighted by Crippen LogP contribution is -2.26. The number of carboxylic acid groups (broad SMARTS) is 2. The summed E-state index contributed by atoms with van der Waals surface area (Å²) in [6.45, 7) is 8.11. The van der Waals surface area contributed by atoms with E-state index in [1.165, 1.54) is 0 Å². The minimum Gasteiger partial charge on any atom is -0.477 e. The summed E-state index contributed by atoms with van der Waals surface area (Å²) in [7, 11) is 0. The molecular weight excluding hydrogens is 256 g/mol. The molecule has 0 heterocycles. The number of carboxylic acids is 2. The van der Waals surface area contributed by atoms with Crippen LogP contribution in [0.3, 0.4) is 0 Å². The van der Waals surface area contributed by atoms with Gasteiger partial charge in [0.1, 0.15) is 5.57 Å². The number of hydrogen-bond acceptors (Lipinski definition) is 2. The van der Waals surface area contributed by atoms with Crippen LogP contribution in [0.5, 0.6) is 0 Å². The van der Waals surface area contributed by atoms with Gasteiger partial charge in [0.25, 0.3) is 0 Å². The van der Waals surface area contributed by atoms with Gasteiger partial charge in [-0.3, -0.25) is 0 Å². The van der Waals surface area contributed by atoms with E-state index in [0.717, 1.165) is 38.5 Å². The number of carbonyl (C=O) groups is 2. The number of hydrogen-bond donors (Lipinski definition) is 2. The molecule has 1 unspecified atom stereocenters. The third-order valence-electron chi connectivity index (χ3n) is 4.10. The summed E-state index contributed by atoms with van der Waals surface area (Å²) in [4.78, 5) is 22.7. The first-order chi connectivity index (χ1) is 9.33. The molecule has 0 aliphatic heterocycles. The summed E-state index contributed by atoms with van der Waals surface area (Å²) in [6.07, 6.45) is 5.89. The second-order valence-electron chi connectivity index (χ2n) is 5.59. The van der Waals surface area contributed by atoms with E-state index in [1.54, 1.807) is 0 Å². The molecule has 0 aliphatic carbocycles. The van der Waals surface area contributed by atoms with E-state index in [4.69, 9.17) is 0 Å². The van der Waals surface area contributed by atoms with Crippen LogP contribution in [0.15, 0.2) is 11.1 Å². The lowest BCUT2D eigenvalue weighted by atomic mass is 9.72. The first-order valence-corrected chi connectivity index (χ1v) is 7.54. The number of rotatable bonds is 10. The van der Waals surface area contributed by atoms with Gasteiger partial charge >= 0.3 is 11.9 Å². The number of unbranched alkanes of at least 4 members (excludes halogenated alkanes) is 2. The molecule has 0 radical (unpaired) electrons. The predicted molar refractivity (Wildman–Crippen MR) is 79.7 cm³/mol. The molecule has 0 rings (SSSR count). The maximum absolute atomic E-state index is 11.3. The SMILES string of the molecule is CCCCC(=C(C(=O)O)C(=O)O)C(C)(CC)CCCC. The van der Waals surface area contributed by atoms with E-state index in [1.807, 2.05) is 20.8 Å². The maximum Gasteiger partial charge on any atom is 0.343 e. The lowest BCUT2D eigenvalue weighted by molar-refractivity contribution is -0.140. The van der Waals surface area contributed by atoms with Crippen molar-refractivity contribution in [3.63, 3.8) is 0 Å². The fraction of sp³-hybridized carbons (Fsp3) is 0.750. The molecule has 0 aliphatic rings. The largest absolute Gasteiger partial charge is 0.477 e. The highest BCUT2D eigenvalue weighted by molar-refractivity contribution is 6.13. The summed E-state index contributed by atoms with van der Waals surface area (Å²) >= 11 is 0. The standard InChI is InChI=1S/C16H28O4/c1-5-8-10-12(13(14(17)18)15(19)20)16(4,7-3)11-9-6-2/h5-11H2,1-4H3,(H,17,18)(H,19,20). The van der Waals surface area contributed by atoms with E-state index in [9.17, 15) is 19.8 Å². The van der Waals surface area contributed by atoms with Crippen LogP contribution in [-0.4, -0.2) is 22.2 Å². The van der Waals surface area contributed by atoms with Crippen LogP contribution >= 0.6 is 0 Å². The molecule has 2 N–H and O–H groups in total. The van der Waals surface area contributed by atoms with Gasteiger partial charge in [-0.25, -0.2) is 9.59 Å². The molecule has 20 heavy (non-hydrogen) atoms. The molecule has 116 valence electrons. The highest BCUT2D eigenvalue weighted by Gasteiger charge is 2.33. The van der Waals surface area contributed by atoms with Gasteiger partial charge in [-0.05, 0) is 36.7 Å². The van der Waals surface area contributed by atoms with Crippen LogP contribution < -0.4 is 0 Å². The zero-order valence-electron chi connectivity index (χ0n) is 13.2. The minimum atomic E-state index is -1.32. The van der Waals surface area contributed by atoms with Crippen LogP contribution in [0.25, 0.3) is 0 Å². The molecule has 4 nitrogen and oxygen atoms in total. The molecule has 0 aromatic rings. The Bertz CT molecular complexity index is 355. The molecule has 0 aromatic heterocycles. The summed E-state index contributed by atoms with van der Waals surface area (Å²) < 4.78 is 0. The van der Waals surface area contributed by atoms with E-state index < -0.39 is 17.5 Å². The van der Waals surface area contributed by atoms with Crippen LogP contribution in [-0.2, 0) is 9.59 Å². The van der Waals surface area contributed by atoms with Crippen LogP contribution in [0.1, 0.15) is 72.6 Å². The summed E-state index contributed by atoms with van der Waals surface area (Å²) in [6, 6.07) is 0. The molecule has 0 spiro atoms. The Balaban J connectivity index is 5.76. The lowest BCUT2D eigenvalue weighted by Gasteiger charge is -2.32. The van der Waals surface area contributed by atoms with Gasteiger partial charge in [0.2, 0.25) is 0 Å². The van der Waals surface area contributed by atoms with Gasteiger partial charge in [-0.2, -0.15) is 0 Å². The third kappa shape index (κ3) is 4.99. The normalized spacial score (nSPS) is 13.6. The topological polar surface area (TPSA) is 74.6 Å². The summed E-state index contributed by atoms with van der Waals surface area (Å²) in [5.41, 5.74) is -0.147. The average molecular weight is 284 g/mol. The second-order valence-corrected chi connectivity index (χ2v) is 5.59. The Hall–Kier alpha value is -1.32. The summed E-state index contributed by atoms with van der Waals surface area (Å²) in [5, 5.41) is 18.5. The highest BCUT2D eigenvalue weighted by Crippen LogP contribution is 2.41. The molecule has 0 saturated heterocycles. The van der Waals surface area contributed by atoms with Crippen molar-refractivity contribution in [3.8, 4) is 0 Å². The third-order valence-corrected chi connectivity index (χ3v) is 4.10. The van der Waals surface area contributed by atoms with Crippen LogP contribution in [0.2, 0.25) is 0 Å². The Labute approximate surface area is 121 Å². The maximum atomic E-state index is 11.3. The van der Waals surface area contributed by atoms with Gasteiger partial charge in [0, 0.05) is 0 Å². The Kier molecular flexibility index (Phi) is 8.19. The van der Waals surface area contributed by atoms with Crippen LogP contribution in [0.4, 0.5) is 0 Å². The first-order valence-electron chi connectivity index (χ1n) is 7.54. The Morgan fingerprint density at radius 2 is 1.45 bits per heavy atom. The second kappa shape index (κ2) is 8.77. The number of aliphatic carboxylic acids is 2. The predicted octanol–water partition coefficient (Wildman–Crippen LogP) is 4.25. The van der Waals surface area contributed by atoms with Gasteiger partial charge in [-0.15, -0.1) is 0 Å². The minimum absolute atomic E-state index is 0.336. The van der Waals surface area contributed by atoms with Crippen molar-refractivity contribution in [1.82, 2.24) is 0 Å². The van der Waals surface area contributed by atoms with Crippen LogP contribution in [0, 0.1) is 5.41 Å². The Morgan fingerprint density at radius 1 is 0.950 bits per heavy atom. The van der Waals surface area contributed by atoms with Crippen molar-refractivity contribution in [3.05, 3.63) is 11.1 Å². The number of allylic oxidation sites excluding steroid dienone is 1. The van der Waals surface area contributed by atoms with Crippen molar-refractivity contribution in [1.29, 1.82) is 0 Å². The average Bonchev–Trinajstić information content (AvgIpc) is 2.39. The fourth-order valence-electron chi connectivity index (χ4n) is 2.54. The molecule has 0 amide bonds. The Morgan fingerprint density at radius 3 is 1.80 bits per heavy atom. The van der Waals surface area contributed by atoms with Gasteiger partial charge < -0.3 is 10.2 Å². The fourth-order valence-corrected chi connectivity index (χ4v) is 2.54. The monoisotopic (exact) mass is 284 g/mol. The quantitative estimate of drug-likeness (QED) is 0.357. The van der Waals surface area contributed by atoms with E-state index in [-0.39, 0.29) is 5.41 Å². The van der Waals surface area contributed by atoms with E-state index >= 15 is 0 Å². The zero-order chi connectivity index (χ0) is 15.8. The zero-order valence-corrected chi connectivity index (χ0v) is 13.2. The molecular formula is C16H28O4. The van der Waals surface area contributed by atoms with Gasteiger partial charge in [-0.1, -0.05) is 47.0 Å². The van der Waals surface area contributed by atoms with Crippen molar-refractivity contribution in [2.45, 2.75) is 72.6 Å². The first kappa shape index (κ1) is 18.7. The summed E-state index contributed by atoms with van der Waals surface area (Å²) in [5.74, 6) is -2.64. The molecule has 4 heteroatoms. The van der Waals surface area contributed by atoms with Crippen molar-refractivity contribution < 1.29 is 19.8 Å². The molecule has 0 aromatic carbocycles. The van der Waals surface area contributed by atoms with Crippen molar-refractivity contribution in [2.24, 2.45) is 5.41 Å². The molecule has 1 atom stereocenters. The van der Waals surface area contributed by atoms with Crippen molar-refractivity contribution in [2.75, 3.05) is 0 Å². The van der Waals surface area contributed by atoms with Gasteiger partial charge in [0.05, 0.1) is 0 Å². The van der Waals surface area contributed by atoms with Crippen molar-refractivity contribution >= 4 is 11.9 Å².